The Morgan fingerprint density at radius 3 is 2.94 bits per heavy atom. The average Bonchev–Trinajstić information content (AvgIpc) is 2.66. The zero-order valence-corrected chi connectivity index (χ0v) is 10.6. The SMILES string of the molecule is CCCNC(=O)c1nc2c(Cl)cccc2n1C. The van der Waals surface area contributed by atoms with Crippen LogP contribution in [0.15, 0.2) is 18.2 Å². The van der Waals surface area contributed by atoms with Gasteiger partial charge >= 0.3 is 0 Å². The quantitative estimate of drug-likeness (QED) is 0.910. The highest BCUT2D eigenvalue weighted by atomic mass is 35.5. The maximum absolute atomic E-state index is 11.9. The Labute approximate surface area is 105 Å². The molecular formula is C12H14ClN3O. The van der Waals surface area contributed by atoms with Crippen molar-refractivity contribution in [3.63, 3.8) is 0 Å². The Morgan fingerprint density at radius 2 is 2.29 bits per heavy atom. The van der Waals surface area contributed by atoms with Crippen LogP contribution in [0.3, 0.4) is 0 Å². The van der Waals surface area contributed by atoms with E-state index in [2.05, 4.69) is 10.3 Å². The molecule has 2 aromatic rings. The number of rotatable bonds is 3. The van der Waals surface area contributed by atoms with Gasteiger partial charge < -0.3 is 9.88 Å². The van der Waals surface area contributed by atoms with Crippen LogP contribution in [0.2, 0.25) is 5.02 Å². The number of carbonyl (C=O) groups is 1. The van der Waals surface area contributed by atoms with Crippen molar-refractivity contribution in [1.82, 2.24) is 14.9 Å². The predicted molar refractivity (Wildman–Crippen MR) is 68.3 cm³/mol. The lowest BCUT2D eigenvalue weighted by atomic mass is 10.3. The Bertz CT molecular complexity index is 562. The first-order valence-corrected chi connectivity index (χ1v) is 5.92. The molecule has 0 saturated heterocycles. The van der Waals surface area contributed by atoms with Crippen molar-refractivity contribution >= 4 is 28.5 Å². The normalized spacial score (nSPS) is 10.8. The van der Waals surface area contributed by atoms with E-state index in [1.165, 1.54) is 0 Å². The van der Waals surface area contributed by atoms with Crippen molar-refractivity contribution in [3.8, 4) is 0 Å². The fraction of sp³-hybridized carbons (Fsp3) is 0.333. The van der Waals surface area contributed by atoms with Crippen LogP contribution in [0.5, 0.6) is 0 Å². The summed E-state index contributed by atoms with van der Waals surface area (Å²) in [4.78, 5) is 16.2. The van der Waals surface area contributed by atoms with Crippen molar-refractivity contribution in [2.45, 2.75) is 13.3 Å². The number of halogens is 1. The molecule has 0 fully saturated rings. The van der Waals surface area contributed by atoms with E-state index in [1.807, 2.05) is 26.1 Å². The molecule has 0 aliphatic rings. The van der Waals surface area contributed by atoms with E-state index in [1.54, 1.807) is 10.6 Å². The summed E-state index contributed by atoms with van der Waals surface area (Å²) in [5.41, 5.74) is 1.53. The van der Waals surface area contributed by atoms with Crippen molar-refractivity contribution in [3.05, 3.63) is 29.0 Å². The molecule has 1 aromatic carbocycles. The van der Waals surface area contributed by atoms with Crippen LogP contribution in [0, 0.1) is 0 Å². The summed E-state index contributed by atoms with van der Waals surface area (Å²) in [6.45, 7) is 2.65. The first-order chi connectivity index (χ1) is 8.15. The van der Waals surface area contributed by atoms with Gasteiger partial charge in [0.05, 0.1) is 10.5 Å². The summed E-state index contributed by atoms with van der Waals surface area (Å²) >= 11 is 6.04. The predicted octanol–water partition coefficient (Wildman–Crippen LogP) is 2.37. The zero-order chi connectivity index (χ0) is 12.4. The third-order valence-corrected chi connectivity index (χ3v) is 2.91. The number of imidazole rings is 1. The van der Waals surface area contributed by atoms with E-state index in [0.717, 1.165) is 11.9 Å². The summed E-state index contributed by atoms with van der Waals surface area (Å²) in [7, 11) is 1.81. The Kier molecular flexibility index (Phi) is 3.33. The number of hydrogen-bond donors (Lipinski definition) is 1. The van der Waals surface area contributed by atoms with Gasteiger partial charge in [0.2, 0.25) is 0 Å². The minimum absolute atomic E-state index is 0.165. The zero-order valence-electron chi connectivity index (χ0n) is 9.83. The summed E-state index contributed by atoms with van der Waals surface area (Å²) in [5.74, 6) is 0.225. The van der Waals surface area contributed by atoms with Crippen LogP contribution in [0.1, 0.15) is 24.0 Å². The molecule has 0 spiro atoms. The van der Waals surface area contributed by atoms with Gasteiger partial charge in [-0.2, -0.15) is 0 Å². The van der Waals surface area contributed by atoms with Crippen molar-refractivity contribution in [1.29, 1.82) is 0 Å². The number of para-hydroxylation sites is 1. The van der Waals surface area contributed by atoms with E-state index in [-0.39, 0.29) is 5.91 Å². The summed E-state index contributed by atoms with van der Waals surface area (Å²) in [6, 6.07) is 5.51. The lowest BCUT2D eigenvalue weighted by Gasteiger charge is -2.03. The molecule has 0 bridgehead atoms. The molecule has 0 radical (unpaired) electrons. The van der Waals surface area contributed by atoms with Crippen LogP contribution in [0.25, 0.3) is 11.0 Å². The number of amides is 1. The van der Waals surface area contributed by atoms with Gasteiger partial charge in [0, 0.05) is 13.6 Å². The van der Waals surface area contributed by atoms with Gasteiger partial charge in [0.25, 0.3) is 5.91 Å². The second-order valence-corrected chi connectivity index (χ2v) is 4.27. The highest BCUT2D eigenvalue weighted by Crippen LogP contribution is 2.22. The molecule has 0 saturated carbocycles. The van der Waals surface area contributed by atoms with Gasteiger partial charge in [0.1, 0.15) is 5.52 Å². The topological polar surface area (TPSA) is 46.9 Å². The molecule has 90 valence electrons. The van der Waals surface area contributed by atoms with Gasteiger partial charge in [-0.15, -0.1) is 0 Å². The van der Waals surface area contributed by atoms with Crippen LogP contribution < -0.4 is 5.32 Å². The summed E-state index contributed by atoms with van der Waals surface area (Å²) in [6.07, 6.45) is 0.899. The number of nitrogens with zero attached hydrogens (tertiary/aromatic N) is 2. The molecule has 0 unspecified atom stereocenters. The molecule has 1 heterocycles. The first-order valence-electron chi connectivity index (χ1n) is 5.54. The molecule has 1 aromatic heterocycles. The monoisotopic (exact) mass is 251 g/mol. The lowest BCUT2D eigenvalue weighted by Crippen LogP contribution is -2.26. The van der Waals surface area contributed by atoms with E-state index in [9.17, 15) is 4.79 Å². The molecule has 5 heteroatoms. The number of fused-ring (bicyclic) bond motifs is 1. The fourth-order valence-electron chi connectivity index (χ4n) is 1.70. The van der Waals surface area contributed by atoms with Crippen LogP contribution in [0.4, 0.5) is 0 Å². The number of hydrogen-bond acceptors (Lipinski definition) is 2. The lowest BCUT2D eigenvalue weighted by molar-refractivity contribution is 0.0940. The Balaban J connectivity index is 2.45. The second kappa shape index (κ2) is 4.75. The molecule has 1 amide bonds. The Hall–Kier alpha value is -1.55. The van der Waals surface area contributed by atoms with E-state index >= 15 is 0 Å². The number of nitrogens with one attached hydrogen (secondary N) is 1. The van der Waals surface area contributed by atoms with E-state index in [0.29, 0.717) is 22.9 Å². The maximum Gasteiger partial charge on any atom is 0.287 e. The number of aromatic nitrogens is 2. The third kappa shape index (κ3) is 2.13. The largest absolute Gasteiger partial charge is 0.349 e. The molecule has 2 rings (SSSR count). The molecule has 0 aliphatic heterocycles. The van der Waals surface area contributed by atoms with Gasteiger partial charge in [-0.3, -0.25) is 4.79 Å². The van der Waals surface area contributed by atoms with E-state index in [4.69, 9.17) is 11.6 Å². The Morgan fingerprint density at radius 1 is 1.53 bits per heavy atom. The second-order valence-electron chi connectivity index (χ2n) is 3.86. The highest BCUT2D eigenvalue weighted by molar-refractivity contribution is 6.35. The standard InChI is InChI=1S/C12H14ClN3O/c1-3-7-14-12(17)11-15-10-8(13)5-4-6-9(10)16(11)2/h4-6H,3,7H2,1-2H3,(H,14,17). The number of benzene rings is 1. The van der Waals surface area contributed by atoms with Gasteiger partial charge in [-0.1, -0.05) is 24.6 Å². The minimum Gasteiger partial charge on any atom is -0.349 e. The van der Waals surface area contributed by atoms with Crippen molar-refractivity contribution in [2.75, 3.05) is 6.54 Å². The van der Waals surface area contributed by atoms with Crippen molar-refractivity contribution < 1.29 is 4.79 Å². The minimum atomic E-state index is -0.165. The number of aryl methyl sites for hydroxylation is 1. The van der Waals surface area contributed by atoms with E-state index < -0.39 is 0 Å². The third-order valence-electron chi connectivity index (χ3n) is 2.60. The highest BCUT2D eigenvalue weighted by Gasteiger charge is 2.15. The van der Waals surface area contributed by atoms with Crippen molar-refractivity contribution in [2.24, 2.45) is 7.05 Å². The summed E-state index contributed by atoms with van der Waals surface area (Å²) < 4.78 is 1.76. The molecule has 1 N–H and O–H groups in total. The van der Waals surface area contributed by atoms with Crippen LogP contribution >= 0.6 is 11.6 Å². The van der Waals surface area contributed by atoms with Crippen LogP contribution in [-0.4, -0.2) is 22.0 Å². The van der Waals surface area contributed by atoms with Gasteiger partial charge in [-0.05, 0) is 18.6 Å². The average molecular weight is 252 g/mol. The van der Waals surface area contributed by atoms with Crippen LogP contribution in [-0.2, 0) is 7.05 Å². The molecule has 0 atom stereocenters. The molecule has 0 aliphatic carbocycles. The summed E-state index contributed by atoms with van der Waals surface area (Å²) in [5, 5.41) is 3.37. The fourth-order valence-corrected chi connectivity index (χ4v) is 1.91. The molecular weight excluding hydrogens is 238 g/mol. The molecule has 4 nitrogen and oxygen atoms in total. The number of carbonyl (C=O) groups excluding carboxylic acids is 1. The maximum atomic E-state index is 11.9. The van der Waals surface area contributed by atoms with Gasteiger partial charge in [-0.25, -0.2) is 4.98 Å². The smallest absolute Gasteiger partial charge is 0.287 e. The first kappa shape index (κ1) is 11.9. The molecule has 17 heavy (non-hydrogen) atoms. The van der Waals surface area contributed by atoms with Gasteiger partial charge in [0.15, 0.2) is 5.82 Å².